The first-order chi connectivity index (χ1) is 14.0. The number of hydrogen-bond donors (Lipinski definition) is 1. The van der Waals surface area contributed by atoms with E-state index in [1.54, 1.807) is 36.4 Å². The summed E-state index contributed by atoms with van der Waals surface area (Å²) in [5, 5.41) is 3.21. The molecule has 154 valence electrons. The van der Waals surface area contributed by atoms with E-state index in [9.17, 15) is 9.59 Å². The van der Waals surface area contributed by atoms with Crippen molar-refractivity contribution in [2.45, 2.75) is 13.3 Å². The first-order valence-electron chi connectivity index (χ1n) is 9.22. The second-order valence-electron chi connectivity index (χ2n) is 6.51. The maximum atomic E-state index is 12.7. The molecule has 29 heavy (non-hydrogen) atoms. The Balaban J connectivity index is 1.73. The van der Waals surface area contributed by atoms with Crippen LogP contribution in [0.15, 0.2) is 36.4 Å². The van der Waals surface area contributed by atoms with Crippen LogP contribution in [-0.2, 0) is 9.59 Å². The highest BCUT2D eigenvalue weighted by atomic mass is 35.5. The molecule has 0 aliphatic carbocycles. The molecule has 2 aromatic rings. The molecule has 1 aliphatic rings. The fourth-order valence-electron chi connectivity index (χ4n) is 3.22. The van der Waals surface area contributed by atoms with E-state index in [0.717, 1.165) is 5.75 Å². The lowest BCUT2D eigenvalue weighted by atomic mass is 10.1. The second-order valence-corrected chi connectivity index (χ2v) is 6.92. The Morgan fingerprint density at radius 2 is 1.86 bits per heavy atom. The summed E-state index contributed by atoms with van der Waals surface area (Å²) in [5.74, 6) is 0.756. The van der Waals surface area contributed by atoms with Gasteiger partial charge in [-0.2, -0.15) is 0 Å². The lowest BCUT2D eigenvalue weighted by Crippen LogP contribution is -2.28. The number of anilines is 2. The summed E-state index contributed by atoms with van der Waals surface area (Å²) in [4.78, 5) is 26.8. The zero-order valence-electron chi connectivity index (χ0n) is 16.5. The van der Waals surface area contributed by atoms with E-state index in [0.29, 0.717) is 34.5 Å². The minimum Gasteiger partial charge on any atom is -0.495 e. The van der Waals surface area contributed by atoms with Crippen LogP contribution in [-0.4, -0.2) is 39.2 Å². The van der Waals surface area contributed by atoms with E-state index < -0.39 is 5.92 Å². The van der Waals surface area contributed by atoms with Crippen molar-refractivity contribution in [1.82, 2.24) is 0 Å². The van der Waals surface area contributed by atoms with Crippen LogP contribution in [0, 0.1) is 5.92 Å². The highest BCUT2D eigenvalue weighted by Gasteiger charge is 2.36. The smallest absolute Gasteiger partial charge is 0.229 e. The molecular weight excluding hydrogens is 396 g/mol. The largest absolute Gasteiger partial charge is 0.495 e. The molecule has 0 aromatic heterocycles. The van der Waals surface area contributed by atoms with Gasteiger partial charge >= 0.3 is 0 Å². The van der Waals surface area contributed by atoms with Crippen LogP contribution in [0.5, 0.6) is 17.2 Å². The number of amides is 2. The fourth-order valence-corrected chi connectivity index (χ4v) is 3.45. The van der Waals surface area contributed by atoms with E-state index in [4.69, 9.17) is 25.8 Å². The summed E-state index contributed by atoms with van der Waals surface area (Å²) in [5.41, 5.74) is 1.16. The molecule has 2 aromatic carbocycles. The highest BCUT2D eigenvalue weighted by molar-refractivity contribution is 6.32. The topological polar surface area (TPSA) is 77.1 Å². The van der Waals surface area contributed by atoms with Crippen LogP contribution >= 0.6 is 11.6 Å². The van der Waals surface area contributed by atoms with Gasteiger partial charge in [-0.3, -0.25) is 9.59 Å². The van der Waals surface area contributed by atoms with Gasteiger partial charge in [0.1, 0.15) is 17.2 Å². The third-order valence-corrected chi connectivity index (χ3v) is 4.97. The minimum atomic E-state index is -0.486. The van der Waals surface area contributed by atoms with Gasteiger partial charge in [-0.25, -0.2) is 0 Å². The summed E-state index contributed by atoms with van der Waals surface area (Å²) in [6.07, 6.45) is 0.107. The number of hydrogen-bond acceptors (Lipinski definition) is 5. The third kappa shape index (κ3) is 4.56. The number of halogens is 1. The second kappa shape index (κ2) is 9.05. The van der Waals surface area contributed by atoms with Gasteiger partial charge in [0, 0.05) is 24.7 Å². The first kappa shape index (κ1) is 20.8. The zero-order chi connectivity index (χ0) is 21.0. The SMILES string of the molecule is CCOc1ccc(NC(=O)[C@H]2CC(=O)N(c3cc(Cl)c(OC)cc3OC)C2)cc1. The summed E-state index contributed by atoms with van der Waals surface area (Å²) < 4.78 is 16.0. The predicted molar refractivity (Wildman–Crippen MR) is 111 cm³/mol. The van der Waals surface area contributed by atoms with Crippen LogP contribution < -0.4 is 24.4 Å². The van der Waals surface area contributed by atoms with Gasteiger partial charge in [-0.05, 0) is 37.3 Å². The summed E-state index contributed by atoms with van der Waals surface area (Å²) in [6, 6.07) is 10.3. The molecule has 0 radical (unpaired) electrons. The molecule has 0 saturated carbocycles. The quantitative estimate of drug-likeness (QED) is 0.741. The van der Waals surface area contributed by atoms with Crippen LogP contribution in [0.2, 0.25) is 5.02 Å². The number of carbonyl (C=O) groups excluding carboxylic acids is 2. The Bertz CT molecular complexity index is 901. The van der Waals surface area contributed by atoms with E-state index in [2.05, 4.69) is 5.32 Å². The third-order valence-electron chi connectivity index (χ3n) is 4.67. The number of nitrogens with one attached hydrogen (secondary N) is 1. The van der Waals surface area contributed by atoms with Crippen molar-refractivity contribution in [2.24, 2.45) is 5.92 Å². The number of benzene rings is 2. The molecule has 2 amide bonds. The van der Waals surface area contributed by atoms with Gasteiger partial charge in [-0.15, -0.1) is 0 Å². The summed E-state index contributed by atoms with van der Waals surface area (Å²) in [6.45, 7) is 2.72. The van der Waals surface area contributed by atoms with Crippen LogP contribution in [0.3, 0.4) is 0 Å². The maximum Gasteiger partial charge on any atom is 0.229 e. The van der Waals surface area contributed by atoms with E-state index in [-0.39, 0.29) is 24.8 Å². The van der Waals surface area contributed by atoms with Gasteiger partial charge in [0.25, 0.3) is 0 Å². The van der Waals surface area contributed by atoms with E-state index in [1.165, 1.54) is 19.1 Å². The normalized spacial score (nSPS) is 15.9. The average molecular weight is 419 g/mol. The number of rotatable bonds is 7. The molecule has 8 heteroatoms. The van der Waals surface area contributed by atoms with Gasteiger partial charge in [0.2, 0.25) is 11.8 Å². The first-order valence-corrected chi connectivity index (χ1v) is 9.60. The van der Waals surface area contributed by atoms with Crippen LogP contribution in [0.25, 0.3) is 0 Å². The molecule has 0 unspecified atom stereocenters. The standard InChI is InChI=1S/C21H23ClN2O5/c1-4-29-15-7-5-14(6-8-15)23-21(26)13-9-20(25)24(12-13)17-10-16(22)18(27-2)11-19(17)28-3/h5-8,10-11,13H,4,9,12H2,1-3H3,(H,23,26)/t13-/m0/s1. The molecule has 1 N–H and O–H groups in total. The van der Waals surface area contributed by atoms with Crippen molar-refractivity contribution in [3.05, 3.63) is 41.4 Å². The summed E-state index contributed by atoms with van der Waals surface area (Å²) >= 11 is 6.22. The molecular formula is C21H23ClN2O5. The predicted octanol–water partition coefficient (Wildman–Crippen LogP) is 3.75. The summed E-state index contributed by atoms with van der Waals surface area (Å²) in [7, 11) is 3.01. The number of methoxy groups -OCH3 is 2. The molecule has 0 bridgehead atoms. The van der Waals surface area contributed by atoms with Crippen molar-refractivity contribution >= 4 is 34.8 Å². The maximum absolute atomic E-state index is 12.7. The number of carbonyl (C=O) groups is 2. The Hall–Kier alpha value is -2.93. The van der Waals surface area contributed by atoms with Crippen molar-refractivity contribution in [3.8, 4) is 17.2 Å². The van der Waals surface area contributed by atoms with E-state index >= 15 is 0 Å². The minimum absolute atomic E-state index is 0.107. The molecule has 1 aliphatic heterocycles. The highest BCUT2D eigenvalue weighted by Crippen LogP contribution is 2.40. The van der Waals surface area contributed by atoms with Crippen molar-refractivity contribution in [2.75, 3.05) is 37.6 Å². The molecule has 3 rings (SSSR count). The van der Waals surface area contributed by atoms with Crippen molar-refractivity contribution in [3.63, 3.8) is 0 Å². The number of ether oxygens (including phenoxy) is 3. The van der Waals surface area contributed by atoms with Crippen LogP contribution in [0.1, 0.15) is 13.3 Å². The monoisotopic (exact) mass is 418 g/mol. The van der Waals surface area contributed by atoms with Crippen LogP contribution in [0.4, 0.5) is 11.4 Å². The molecule has 0 spiro atoms. The molecule has 1 saturated heterocycles. The van der Waals surface area contributed by atoms with Gasteiger partial charge in [-0.1, -0.05) is 11.6 Å². The Kier molecular flexibility index (Phi) is 6.49. The Labute approximate surface area is 174 Å². The van der Waals surface area contributed by atoms with Gasteiger partial charge < -0.3 is 24.4 Å². The van der Waals surface area contributed by atoms with E-state index in [1.807, 2.05) is 6.92 Å². The van der Waals surface area contributed by atoms with Gasteiger partial charge in [0.05, 0.1) is 37.5 Å². The lowest BCUT2D eigenvalue weighted by Gasteiger charge is -2.21. The molecule has 7 nitrogen and oxygen atoms in total. The van der Waals surface area contributed by atoms with Crippen molar-refractivity contribution < 1.29 is 23.8 Å². The van der Waals surface area contributed by atoms with Gasteiger partial charge in [0.15, 0.2) is 0 Å². The average Bonchev–Trinajstić information content (AvgIpc) is 3.11. The Morgan fingerprint density at radius 3 is 2.48 bits per heavy atom. The molecule has 1 heterocycles. The fraction of sp³-hybridized carbons (Fsp3) is 0.333. The zero-order valence-corrected chi connectivity index (χ0v) is 17.3. The van der Waals surface area contributed by atoms with Crippen molar-refractivity contribution in [1.29, 1.82) is 0 Å². The molecule has 1 atom stereocenters. The molecule has 1 fully saturated rings. The lowest BCUT2D eigenvalue weighted by molar-refractivity contribution is -0.122. The number of nitrogens with zero attached hydrogens (tertiary/aromatic N) is 1. The Morgan fingerprint density at radius 1 is 1.17 bits per heavy atom.